The topological polar surface area (TPSA) is 75.3 Å². The molecule has 0 bridgehead atoms. The summed E-state index contributed by atoms with van der Waals surface area (Å²) in [6.45, 7) is 1.52. The highest BCUT2D eigenvalue weighted by molar-refractivity contribution is 5.81. The monoisotopic (exact) mass is 160 g/mol. The van der Waals surface area contributed by atoms with E-state index in [1.807, 2.05) is 0 Å². The molecule has 1 unspecified atom stereocenters. The Bertz CT molecular complexity index is 126. The van der Waals surface area contributed by atoms with Crippen molar-refractivity contribution in [2.75, 3.05) is 7.05 Å². The molecule has 2 atom stereocenters. The van der Waals surface area contributed by atoms with Gasteiger partial charge >= 0.3 is 0 Å². The molecule has 0 aliphatic carbocycles. The fourth-order valence-electron chi connectivity index (χ4n) is 0.888. The number of carbonyl (C=O) groups excluding carboxylic acids is 1. The first-order valence-electron chi connectivity index (χ1n) is 3.69. The summed E-state index contributed by atoms with van der Waals surface area (Å²) in [7, 11) is 1.72. The van der Waals surface area contributed by atoms with Crippen molar-refractivity contribution in [2.45, 2.75) is 32.0 Å². The molecule has 0 aliphatic rings. The predicted molar refractivity (Wildman–Crippen MR) is 43.0 cm³/mol. The van der Waals surface area contributed by atoms with E-state index >= 15 is 0 Å². The van der Waals surface area contributed by atoms with Gasteiger partial charge < -0.3 is 16.2 Å². The minimum Gasteiger partial charge on any atom is -0.379 e. The molecule has 0 rings (SSSR count). The second kappa shape index (κ2) is 5.23. The number of nitrogens with two attached hydrogens (primary N) is 1. The van der Waals surface area contributed by atoms with Gasteiger partial charge in [0.25, 0.3) is 0 Å². The molecule has 66 valence electrons. The van der Waals surface area contributed by atoms with Crippen molar-refractivity contribution in [3.05, 3.63) is 0 Å². The van der Waals surface area contributed by atoms with Crippen molar-refractivity contribution in [1.82, 2.24) is 5.32 Å². The number of ketones is 1. The Balaban J connectivity index is 3.61. The van der Waals surface area contributed by atoms with E-state index in [4.69, 9.17) is 10.8 Å². The first-order valence-corrected chi connectivity index (χ1v) is 3.69. The number of aliphatic hydroxyl groups is 1. The summed E-state index contributed by atoms with van der Waals surface area (Å²) in [4.78, 5) is 10.8. The third kappa shape index (κ3) is 4.89. The summed E-state index contributed by atoms with van der Waals surface area (Å²) < 4.78 is 0. The summed E-state index contributed by atoms with van der Waals surface area (Å²) in [5, 5.41) is 11.6. The molecule has 0 heterocycles. The lowest BCUT2D eigenvalue weighted by Gasteiger charge is -2.12. The van der Waals surface area contributed by atoms with E-state index in [1.165, 1.54) is 6.92 Å². The Morgan fingerprint density at radius 1 is 1.64 bits per heavy atom. The van der Waals surface area contributed by atoms with Crippen LogP contribution in [0.4, 0.5) is 0 Å². The maximum Gasteiger partial charge on any atom is 0.146 e. The zero-order valence-corrected chi connectivity index (χ0v) is 7.00. The van der Waals surface area contributed by atoms with Crippen LogP contribution in [0.2, 0.25) is 0 Å². The van der Waals surface area contributed by atoms with Gasteiger partial charge in [-0.3, -0.25) is 4.79 Å². The fraction of sp³-hybridized carbons (Fsp3) is 0.857. The van der Waals surface area contributed by atoms with Crippen LogP contribution in [0.25, 0.3) is 0 Å². The first kappa shape index (κ1) is 10.6. The van der Waals surface area contributed by atoms with Crippen LogP contribution in [0.5, 0.6) is 0 Å². The van der Waals surface area contributed by atoms with E-state index < -0.39 is 6.23 Å². The third-order valence-corrected chi connectivity index (χ3v) is 1.59. The number of hydrogen-bond donors (Lipinski definition) is 3. The molecule has 0 radical (unpaired) electrons. The summed E-state index contributed by atoms with van der Waals surface area (Å²) >= 11 is 0. The van der Waals surface area contributed by atoms with E-state index in [0.29, 0.717) is 12.8 Å². The Kier molecular flexibility index (Phi) is 5.02. The smallest absolute Gasteiger partial charge is 0.146 e. The molecule has 4 nitrogen and oxygen atoms in total. The normalized spacial score (nSPS) is 16.0. The molecule has 0 saturated heterocycles. The van der Waals surface area contributed by atoms with E-state index in [-0.39, 0.29) is 11.8 Å². The van der Waals surface area contributed by atoms with Gasteiger partial charge in [0.1, 0.15) is 12.0 Å². The predicted octanol–water partition coefficient (Wildman–Crippen LogP) is -0.779. The van der Waals surface area contributed by atoms with Crippen molar-refractivity contribution in [1.29, 1.82) is 0 Å². The van der Waals surface area contributed by atoms with Crippen LogP contribution in [0.3, 0.4) is 0 Å². The second-order valence-electron chi connectivity index (χ2n) is 2.60. The molecule has 0 aliphatic heterocycles. The highest BCUT2D eigenvalue weighted by Gasteiger charge is 2.11. The Labute approximate surface area is 66.8 Å². The number of Topliss-reactive ketones (excluding diaryl/α,β-unsaturated/α-hetero) is 1. The van der Waals surface area contributed by atoms with Gasteiger partial charge in [-0.15, -0.1) is 0 Å². The standard InChI is InChI=1S/C7H16N2O2/c1-5(10)6(9-2)3-4-7(8)11/h6-7,9,11H,3-4,8H2,1-2H3/t6-,7?/m0/s1. The van der Waals surface area contributed by atoms with Crippen LogP contribution < -0.4 is 11.1 Å². The van der Waals surface area contributed by atoms with Crippen molar-refractivity contribution in [3.63, 3.8) is 0 Å². The van der Waals surface area contributed by atoms with Gasteiger partial charge in [-0.05, 0) is 26.8 Å². The zero-order chi connectivity index (χ0) is 8.85. The quantitative estimate of drug-likeness (QED) is 0.461. The number of carbonyl (C=O) groups is 1. The first-order chi connectivity index (χ1) is 5.07. The van der Waals surface area contributed by atoms with Gasteiger partial charge in [0.2, 0.25) is 0 Å². The van der Waals surface area contributed by atoms with Gasteiger partial charge in [0.15, 0.2) is 0 Å². The molecule has 0 spiro atoms. The molecule has 4 N–H and O–H groups in total. The van der Waals surface area contributed by atoms with Crippen molar-refractivity contribution >= 4 is 5.78 Å². The molecule has 0 aromatic rings. The van der Waals surface area contributed by atoms with Crippen LogP contribution in [-0.2, 0) is 4.79 Å². The van der Waals surface area contributed by atoms with Crippen LogP contribution in [0.1, 0.15) is 19.8 Å². The van der Waals surface area contributed by atoms with Crippen molar-refractivity contribution in [3.8, 4) is 0 Å². The SMILES string of the molecule is CN[C@@H](CCC(N)O)C(C)=O. The molecule has 0 amide bonds. The average Bonchev–Trinajstić information content (AvgIpc) is 1.87. The summed E-state index contributed by atoms with van der Waals surface area (Å²) in [6, 6.07) is -0.173. The Morgan fingerprint density at radius 2 is 2.18 bits per heavy atom. The lowest BCUT2D eigenvalue weighted by atomic mass is 10.1. The molecule has 4 heteroatoms. The fourth-order valence-corrected chi connectivity index (χ4v) is 0.888. The lowest BCUT2D eigenvalue weighted by Crippen LogP contribution is -2.34. The third-order valence-electron chi connectivity index (χ3n) is 1.59. The molecule has 0 saturated carbocycles. The zero-order valence-electron chi connectivity index (χ0n) is 7.00. The van der Waals surface area contributed by atoms with E-state index in [9.17, 15) is 4.79 Å². The number of hydrogen-bond acceptors (Lipinski definition) is 4. The van der Waals surface area contributed by atoms with Gasteiger partial charge in [-0.25, -0.2) is 0 Å². The lowest BCUT2D eigenvalue weighted by molar-refractivity contribution is -0.119. The van der Waals surface area contributed by atoms with Crippen LogP contribution in [0, 0.1) is 0 Å². The summed E-state index contributed by atoms with van der Waals surface area (Å²) in [5.41, 5.74) is 5.11. The molecule has 0 fully saturated rings. The van der Waals surface area contributed by atoms with Gasteiger partial charge in [0.05, 0.1) is 6.04 Å². The highest BCUT2D eigenvalue weighted by atomic mass is 16.3. The molecule has 0 aromatic heterocycles. The second-order valence-corrected chi connectivity index (χ2v) is 2.60. The number of rotatable bonds is 5. The molecular formula is C7H16N2O2. The Hall–Kier alpha value is -0.450. The van der Waals surface area contributed by atoms with E-state index in [0.717, 1.165) is 0 Å². The minimum absolute atomic E-state index is 0.0770. The van der Waals surface area contributed by atoms with Crippen LogP contribution in [0.15, 0.2) is 0 Å². The van der Waals surface area contributed by atoms with Crippen LogP contribution >= 0.6 is 0 Å². The highest BCUT2D eigenvalue weighted by Crippen LogP contribution is 1.98. The Morgan fingerprint density at radius 3 is 2.45 bits per heavy atom. The molecule has 11 heavy (non-hydrogen) atoms. The maximum atomic E-state index is 10.8. The van der Waals surface area contributed by atoms with Gasteiger partial charge in [-0.1, -0.05) is 0 Å². The average molecular weight is 160 g/mol. The van der Waals surface area contributed by atoms with E-state index in [2.05, 4.69) is 5.32 Å². The van der Waals surface area contributed by atoms with Crippen molar-refractivity contribution < 1.29 is 9.90 Å². The summed E-state index contributed by atoms with van der Waals surface area (Å²) in [6.07, 6.45) is 0.222. The maximum absolute atomic E-state index is 10.8. The summed E-state index contributed by atoms with van der Waals surface area (Å²) in [5.74, 6) is 0.0770. The van der Waals surface area contributed by atoms with Crippen molar-refractivity contribution in [2.24, 2.45) is 5.73 Å². The number of aliphatic hydroxyl groups excluding tert-OH is 1. The number of likely N-dealkylation sites (N-methyl/N-ethyl adjacent to an activating group) is 1. The molecular weight excluding hydrogens is 144 g/mol. The number of nitrogens with one attached hydrogen (secondary N) is 1. The largest absolute Gasteiger partial charge is 0.379 e. The van der Waals surface area contributed by atoms with E-state index in [1.54, 1.807) is 7.05 Å². The molecule has 0 aromatic carbocycles. The van der Waals surface area contributed by atoms with Crippen LogP contribution in [-0.4, -0.2) is 30.2 Å². The van der Waals surface area contributed by atoms with Gasteiger partial charge in [0, 0.05) is 0 Å². The van der Waals surface area contributed by atoms with Gasteiger partial charge in [-0.2, -0.15) is 0 Å². The minimum atomic E-state index is -0.815.